The van der Waals surface area contributed by atoms with Crippen LogP contribution in [0.4, 0.5) is 0 Å². The van der Waals surface area contributed by atoms with Crippen molar-refractivity contribution in [1.29, 1.82) is 0 Å². The van der Waals surface area contributed by atoms with Gasteiger partial charge in [-0.25, -0.2) is 0 Å². The zero-order valence-electron chi connectivity index (χ0n) is 13.3. The molecule has 2 amide bonds. The Balaban J connectivity index is 1.95. The quantitative estimate of drug-likeness (QED) is 0.813. The smallest absolute Gasteiger partial charge is 0.269 e. The normalized spacial score (nSPS) is 9.96. The number of amides is 2. The largest absolute Gasteiger partial charge is 0.497 e. The van der Waals surface area contributed by atoms with E-state index in [1.807, 2.05) is 0 Å². The fraction of sp³-hybridized carbons (Fsp3) is 0.176. The van der Waals surface area contributed by atoms with E-state index in [4.69, 9.17) is 21.1 Å². The summed E-state index contributed by atoms with van der Waals surface area (Å²) in [6, 6.07) is 11.6. The molecule has 0 aliphatic carbocycles. The molecular weight excluding hydrogens is 332 g/mol. The number of methoxy groups -OCH3 is 2. The van der Waals surface area contributed by atoms with E-state index in [-0.39, 0.29) is 12.3 Å². The number of nitrogens with one attached hydrogen (secondary N) is 2. The molecule has 0 radical (unpaired) electrons. The number of ether oxygens (including phenoxy) is 2. The van der Waals surface area contributed by atoms with Crippen molar-refractivity contribution in [2.75, 3.05) is 14.2 Å². The van der Waals surface area contributed by atoms with Gasteiger partial charge in [0, 0.05) is 22.2 Å². The van der Waals surface area contributed by atoms with Crippen LogP contribution >= 0.6 is 11.6 Å². The van der Waals surface area contributed by atoms with Gasteiger partial charge in [-0.3, -0.25) is 20.4 Å². The Morgan fingerprint density at radius 3 is 2.50 bits per heavy atom. The van der Waals surface area contributed by atoms with Crippen LogP contribution in [-0.2, 0) is 11.2 Å². The highest BCUT2D eigenvalue weighted by Crippen LogP contribution is 2.24. The Morgan fingerprint density at radius 2 is 1.83 bits per heavy atom. The maximum absolute atomic E-state index is 12.0. The van der Waals surface area contributed by atoms with Crippen LogP contribution in [0, 0.1) is 0 Å². The van der Waals surface area contributed by atoms with Crippen LogP contribution in [-0.4, -0.2) is 26.0 Å². The van der Waals surface area contributed by atoms with Crippen LogP contribution in [0.2, 0.25) is 5.02 Å². The second kappa shape index (κ2) is 8.21. The number of hydrogen-bond donors (Lipinski definition) is 2. The van der Waals surface area contributed by atoms with Gasteiger partial charge in [0.15, 0.2) is 0 Å². The first-order chi connectivity index (χ1) is 11.5. The molecule has 0 bridgehead atoms. The molecule has 126 valence electrons. The average molecular weight is 349 g/mol. The fourth-order valence-electron chi connectivity index (χ4n) is 2.04. The first-order valence-corrected chi connectivity index (χ1v) is 7.47. The van der Waals surface area contributed by atoms with Crippen LogP contribution in [0.25, 0.3) is 0 Å². The van der Waals surface area contributed by atoms with E-state index >= 15 is 0 Å². The van der Waals surface area contributed by atoms with Gasteiger partial charge >= 0.3 is 0 Å². The second-order valence-corrected chi connectivity index (χ2v) is 5.30. The maximum atomic E-state index is 12.0. The SMILES string of the molecule is COc1ccc(CC(=O)NNC(=O)c2cccc(Cl)c2)c(OC)c1. The van der Waals surface area contributed by atoms with Crippen LogP contribution in [0.5, 0.6) is 11.5 Å². The highest BCUT2D eigenvalue weighted by molar-refractivity contribution is 6.30. The van der Waals surface area contributed by atoms with Crippen molar-refractivity contribution in [2.45, 2.75) is 6.42 Å². The Hall–Kier alpha value is -2.73. The van der Waals surface area contributed by atoms with Crippen LogP contribution in [0.15, 0.2) is 42.5 Å². The number of rotatable bonds is 5. The van der Waals surface area contributed by atoms with Crippen LogP contribution in [0.3, 0.4) is 0 Å². The summed E-state index contributed by atoms with van der Waals surface area (Å²) < 4.78 is 10.3. The van der Waals surface area contributed by atoms with Crippen molar-refractivity contribution in [3.8, 4) is 11.5 Å². The van der Waals surface area contributed by atoms with E-state index in [1.165, 1.54) is 13.2 Å². The minimum Gasteiger partial charge on any atom is -0.497 e. The van der Waals surface area contributed by atoms with Gasteiger partial charge in [-0.15, -0.1) is 0 Å². The number of benzene rings is 2. The molecule has 0 unspecified atom stereocenters. The third-order valence-corrected chi connectivity index (χ3v) is 3.48. The molecule has 0 fully saturated rings. The first-order valence-electron chi connectivity index (χ1n) is 7.09. The van der Waals surface area contributed by atoms with Crippen molar-refractivity contribution in [2.24, 2.45) is 0 Å². The summed E-state index contributed by atoms with van der Waals surface area (Å²) in [6.07, 6.45) is 0.0446. The minimum absolute atomic E-state index is 0.0446. The summed E-state index contributed by atoms with van der Waals surface area (Å²) in [5.41, 5.74) is 5.73. The molecule has 7 heteroatoms. The molecule has 0 saturated carbocycles. The number of hydrogen-bond acceptors (Lipinski definition) is 4. The van der Waals surface area contributed by atoms with E-state index < -0.39 is 5.91 Å². The van der Waals surface area contributed by atoms with Crippen molar-refractivity contribution in [3.05, 3.63) is 58.6 Å². The standard InChI is InChI=1S/C17H17ClN2O4/c1-23-14-7-6-11(15(10-14)24-2)9-16(21)19-20-17(22)12-4-3-5-13(18)8-12/h3-8,10H,9H2,1-2H3,(H,19,21)(H,20,22). The molecule has 0 aliphatic rings. The molecular formula is C17H17ClN2O4. The van der Waals surface area contributed by atoms with Crippen LogP contribution < -0.4 is 20.3 Å². The van der Waals surface area contributed by atoms with Gasteiger partial charge in [0.25, 0.3) is 5.91 Å². The molecule has 0 atom stereocenters. The van der Waals surface area contributed by atoms with E-state index in [1.54, 1.807) is 43.5 Å². The first kappa shape index (κ1) is 17.6. The summed E-state index contributed by atoms with van der Waals surface area (Å²) >= 11 is 5.83. The van der Waals surface area contributed by atoms with Crippen molar-refractivity contribution in [3.63, 3.8) is 0 Å². The maximum Gasteiger partial charge on any atom is 0.269 e. The molecule has 0 aromatic heterocycles. The topological polar surface area (TPSA) is 76.7 Å². The summed E-state index contributed by atoms with van der Waals surface area (Å²) in [5.74, 6) is 0.331. The van der Waals surface area contributed by atoms with E-state index in [2.05, 4.69) is 10.9 Å². The second-order valence-electron chi connectivity index (χ2n) is 4.87. The van der Waals surface area contributed by atoms with Gasteiger partial charge < -0.3 is 9.47 Å². The summed E-state index contributed by atoms with van der Waals surface area (Å²) in [4.78, 5) is 23.9. The fourth-order valence-corrected chi connectivity index (χ4v) is 2.23. The third-order valence-electron chi connectivity index (χ3n) is 3.25. The van der Waals surface area contributed by atoms with Crippen molar-refractivity contribution < 1.29 is 19.1 Å². The minimum atomic E-state index is -0.451. The number of carbonyl (C=O) groups is 2. The number of hydrazine groups is 1. The molecule has 2 N–H and O–H groups in total. The molecule has 2 rings (SSSR count). The van der Waals surface area contributed by atoms with Gasteiger partial charge in [0.2, 0.25) is 5.91 Å². The lowest BCUT2D eigenvalue weighted by Crippen LogP contribution is -2.42. The monoisotopic (exact) mass is 348 g/mol. The van der Waals surface area contributed by atoms with Crippen molar-refractivity contribution in [1.82, 2.24) is 10.9 Å². The molecule has 0 aliphatic heterocycles. The van der Waals surface area contributed by atoms with Gasteiger partial charge in [-0.1, -0.05) is 23.7 Å². The molecule has 0 saturated heterocycles. The summed E-state index contributed by atoms with van der Waals surface area (Å²) in [5, 5.41) is 0.442. The number of carbonyl (C=O) groups excluding carboxylic acids is 2. The Kier molecular flexibility index (Phi) is 6.03. The molecule has 2 aromatic rings. The lowest BCUT2D eigenvalue weighted by atomic mass is 10.1. The zero-order chi connectivity index (χ0) is 17.5. The Labute approximate surface area is 144 Å². The number of halogens is 1. The highest BCUT2D eigenvalue weighted by atomic mass is 35.5. The van der Waals surface area contributed by atoms with Gasteiger partial charge in [0.1, 0.15) is 11.5 Å². The van der Waals surface area contributed by atoms with Gasteiger partial charge in [0.05, 0.1) is 20.6 Å². The van der Waals surface area contributed by atoms with Gasteiger partial charge in [-0.05, 0) is 24.3 Å². The molecule has 6 nitrogen and oxygen atoms in total. The lowest BCUT2D eigenvalue weighted by molar-refractivity contribution is -0.121. The zero-order valence-corrected chi connectivity index (χ0v) is 14.0. The Bertz CT molecular complexity index is 749. The average Bonchev–Trinajstić information content (AvgIpc) is 2.60. The predicted molar refractivity (Wildman–Crippen MR) is 90.3 cm³/mol. The molecule has 24 heavy (non-hydrogen) atoms. The van der Waals surface area contributed by atoms with Gasteiger partial charge in [-0.2, -0.15) is 0 Å². The predicted octanol–water partition coefficient (Wildman–Crippen LogP) is 2.36. The lowest BCUT2D eigenvalue weighted by Gasteiger charge is -2.11. The van der Waals surface area contributed by atoms with Crippen LogP contribution in [0.1, 0.15) is 15.9 Å². The van der Waals surface area contributed by atoms with E-state index in [0.29, 0.717) is 27.6 Å². The molecule has 0 heterocycles. The molecule has 0 spiro atoms. The van der Waals surface area contributed by atoms with E-state index in [0.717, 1.165) is 0 Å². The molecule has 2 aromatic carbocycles. The van der Waals surface area contributed by atoms with Crippen molar-refractivity contribution >= 4 is 23.4 Å². The summed E-state index contributed by atoms with van der Waals surface area (Å²) in [6.45, 7) is 0. The van der Waals surface area contributed by atoms with E-state index in [9.17, 15) is 9.59 Å². The summed E-state index contributed by atoms with van der Waals surface area (Å²) in [7, 11) is 3.06. The third kappa shape index (κ3) is 4.63. The Morgan fingerprint density at radius 1 is 1.04 bits per heavy atom. The highest BCUT2D eigenvalue weighted by Gasteiger charge is 2.12.